The van der Waals surface area contributed by atoms with Crippen molar-refractivity contribution in [2.45, 2.75) is 34.4 Å². The maximum atomic E-state index is 12.8. The second-order valence-corrected chi connectivity index (χ2v) is 8.17. The van der Waals surface area contributed by atoms with Crippen molar-refractivity contribution in [1.82, 2.24) is 5.32 Å². The zero-order valence-electron chi connectivity index (χ0n) is 14.5. The number of nitrogens with one attached hydrogen (secondary N) is 1. The Bertz CT molecular complexity index is 767. The van der Waals surface area contributed by atoms with E-state index in [0.29, 0.717) is 18.8 Å². The number of hydrogen-bond donors (Lipinski definition) is 1. The predicted octanol–water partition coefficient (Wildman–Crippen LogP) is 3.54. The van der Waals surface area contributed by atoms with Crippen LogP contribution in [0.25, 0.3) is 0 Å². The van der Waals surface area contributed by atoms with Gasteiger partial charge in [-0.3, -0.25) is 4.79 Å². The number of thioether (sulfide) groups is 2. The minimum absolute atomic E-state index is 0.119. The average molecular weight is 388 g/mol. The van der Waals surface area contributed by atoms with Crippen LogP contribution in [0, 0.1) is 0 Å². The summed E-state index contributed by atoms with van der Waals surface area (Å²) in [5.41, 5.74) is 0.988. The number of esters is 1. The quantitative estimate of drug-likeness (QED) is 0.769. The Labute approximate surface area is 162 Å². The van der Waals surface area contributed by atoms with Gasteiger partial charge in [-0.1, -0.05) is 42.5 Å². The van der Waals surface area contributed by atoms with E-state index in [0.717, 1.165) is 10.5 Å². The van der Waals surface area contributed by atoms with E-state index in [9.17, 15) is 9.59 Å². The highest BCUT2D eigenvalue weighted by atomic mass is 32.2. The number of carbonyl (C=O) groups is 2. The molecule has 0 saturated heterocycles. The third kappa shape index (κ3) is 4.83. The van der Waals surface area contributed by atoms with Crippen LogP contribution in [0.5, 0.6) is 0 Å². The number of rotatable bonds is 6. The van der Waals surface area contributed by atoms with Crippen molar-refractivity contribution in [3.8, 4) is 0 Å². The van der Waals surface area contributed by atoms with Crippen LogP contribution in [0.15, 0.2) is 64.4 Å². The van der Waals surface area contributed by atoms with Gasteiger partial charge in [-0.15, -0.1) is 23.5 Å². The van der Waals surface area contributed by atoms with Crippen molar-refractivity contribution in [3.05, 3.63) is 60.2 Å². The molecule has 0 saturated carbocycles. The monoisotopic (exact) mass is 387 g/mol. The van der Waals surface area contributed by atoms with Crippen LogP contribution in [-0.4, -0.2) is 35.5 Å². The van der Waals surface area contributed by atoms with Gasteiger partial charge >= 0.3 is 5.97 Å². The molecule has 2 atom stereocenters. The molecule has 2 aromatic rings. The van der Waals surface area contributed by atoms with Crippen LogP contribution >= 0.6 is 23.5 Å². The summed E-state index contributed by atoms with van der Waals surface area (Å²) in [6, 6.07) is 17.1. The minimum Gasteiger partial charge on any atom is -0.464 e. The van der Waals surface area contributed by atoms with E-state index in [1.54, 1.807) is 30.4 Å². The summed E-state index contributed by atoms with van der Waals surface area (Å²) in [5.74, 6) is 0.179. The molecule has 0 fully saturated rings. The van der Waals surface area contributed by atoms with E-state index >= 15 is 0 Å². The Balaban J connectivity index is 1.68. The van der Waals surface area contributed by atoms with Crippen molar-refractivity contribution in [1.29, 1.82) is 0 Å². The van der Waals surface area contributed by atoms with E-state index in [4.69, 9.17) is 4.74 Å². The van der Waals surface area contributed by atoms with Crippen molar-refractivity contribution in [3.63, 3.8) is 0 Å². The molecule has 1 N–H and O–H groups in total. The molecule has 3 rings (SSSR count). The van der Waals surface area contributed by atoms with Gasteiger partial charge in [-0.2, -0.15) is 0 Å². The highest BCUT2D eigenvalue weighted by Gasteiger charge is 2.30. The second kappa shape index (κ2) is 9.14. The topological polar surface area (TPSA) is 55.4 Å². The number of hydrogen-bond acceptors (Lipinski definition) is 5. The molecular formula is C20H21NO3S2. The van der Waals surface area contributed by atoms with E-state index < -0.39 is 12.0 Å². The first-order valence-electron chi connectivity index (χ1n) is 8.56. The summed E-state index contributed by atoms with van der Waals surface area (Å²) in [4.78, 5) is 27.4. The highest BCUT2D eigenvalue weighted by molar-refractivity contribution is 8.06. The summed E-state index contributed by atoms with van der Waals surface area (Å²) >= 11 is 3.23. The number of ether oxygens (including phenoxy) is 1. The zero-order chi connectivity index (χ0) is 18.4. The molecular weight excluding hydrogens is 366 g/mol. The summed E-state index contributed by atoms with van der Waals surface area (Å²) in [6.45, 7) is 2.06. The van der Waals surface area contributed by atoms with Gasteiger partial charge in [-0.05, 0) is 24.6 Å². The van der Waals surface area contributed by atoms with E-state index in [-0.39, 0.29) is 11.2 Å². The molecule has 2 aromatic carbocycles. The number of carbonyl (C=O) groups excluding carboxylic acids is 2. The van der Waals surface area contributed by atoms with Crippen LogP contribution in [0.1, 0.15) is 12.5 Å². The SMILES string of the molecule is CCOC(=O)[C@H](Cc1ccccc1)NC(=O)C1CSc2ccccc2S1. The van der Waals surface area contributed by atoms with Gasteiger partial charge in [0.1, 0.15) is 6.04 Å². The predicted molar refractivity (Wildman–Crippen MR) is 106 cm³/mol. The number of amides is 1. The lowest BCUT2D eigenvalue weighted by atomic mass is 10.1. The molecule has 1 heterocycles. The summed E-state index contributed by atoms with van der Waals surface area (Å²) in [7, 11) is 0. The fourth-order valence-electron chi connectivity index (χ4n) is 2.70. The standard InChI is InChI=1S/C20H21NO3S2/c1-2-24-20(23)15(12-14-8-4-3-5-9-14)21-19(22)18-13-25-16-10-6-7-11-17(16)26-18/h3-11,15,18H,2,12-13H2,1H3,(H,21,22)/t15-,18?/m0/s1. The van der Waals surface area contributed by atoms with Gasteiger partial charge in [0.2, 0.25) is 5.91 Å². The number of fused-ring (bicyclic) bond motifs is 1. The highest BCUT2D eigenvalue weighted by Crippen LogP contribution is 2.40. The zero-order valence-corrected chi connectivity index (χ0v) is 16.1. The van der Waals surface area contributed by atoms with Gasteiger partial charge in [0.05, 0.1) is 11.9 Å². The molecule has 1 unspecified atom stereocenters. The van der Waals surface area contributed by atoms with Gasteiger partial charge < -0.3 is 10.1 Å². The third-order valence-corrected chi connectivity index (χ3v) is 6.75. The normalized spacial score (nSPS) is 17.0. The molecule has 0 aliphatic carbocycles. The van der Waals surface area contributed by atoms with Crippen molar-refractivity contribution < 1.29 is 14.3 Å². The van der Waals surface area contributed by atoms with Crippen LogP contribution in [0.3, 0.4) is 0 Å². The van der Waals surface area contributed by atoms with E-state index in [1.165, 1.54) is 4.90 Å². The van der Waals surface area contributed by atoms with Gasteiger partial charge in [0, 0.05) is 22.0 Å². The van der Waals surface area contributed by atoms with Crippen LogP contribution < -0.4 is 5.32 Å². The lowest BCUT2D eigenvalue weighted by Gasteiger charge is -2.25. The Morgan fingerprint density at radius 1 is 1.12 bits per heavy atom. The molecule has 4 nitrogen and oxygen atoms in total. The summed E-state index contributed by atoms with van der Waals surface area (Å²) < 4.78 is 5.16. The fourth-order valence-corrected chi connectivity index (χ4v) is 5.19. The minimum atomic E-state index is -0.673. The molecule has 26 heavy (non-hydrogen) atoms. The van der Waals surface area contributed by atoms with Crippen LogP contribution in [0.4, 0.5) is 0 Å². The van der Waals surface area contributed by atoms with Gasteiger partial charge in [-0.25, -0.2) is 4.79 Å². The average Bonchev–Trinajstić information content (AvgIpc) is 2.68. The molecule has 136 valence electrons. The summed E-state index contributed by atoms with van der Waals surface area (Å²) in [5, 5.41) is 2.68. The first-order valence-corrected chi connectivity index (χ1v) is 10.4. The third-order valence-electron chi connectivity index (χ3n) is 3.97. The Hall–Kier alpha value is -1.92. The second-order valence-electron chi connectivity index (χ2n) is 5.87. The molecule has 0 radical (unpaired) electrons. The van der Waals surface area contributed by atoms with Crippen molar-refractivity contribution in [2.24, 2.45) is 0 Å². The Morgan fingerprint density at radius 3 is 2.54 bits per heavy atom. The van der Waals surface area contributed by atoms with Gasteiger partial charge in [0.25, 0.3) is 0 Å². The molecule has 6 heteroatoms. The van der Waals surface area contributed by atoms with E-state index in [1.807, 2.05) is 48.5 Å². The fraction of sp³-hybridized carbons (Fsp3) is 0.300. The van der Waals surface area contributed by atoms with Gasteiger partial charge in [0.15, 0.2) is 0 Å². The van der Waals surface area contributed by atoms with E-state index in [2.05, 4.69) is 11.4 Å². The Kier molecular flexibility index (Phi) is 6.63. The molecule has 1 amide bonds. The number of benzene rings is 2. The molecule has 0 bridgehead atoms. The molecule has 1 aliphatic heterocycles. The lowest BCUT2D eigenvalue weighted by Crippen LogP contribution is -2.47. The molecule has 1 aliphatic rings. The van der Waals surface area contributed by atoms with Crippen LogP contribution in [0.2, 0.25) is 0 Å². The Morgan fingerprint density at radius 2 is 1.81 bits per heavy atom. The first kappa shape index (κ1) is 18.9. The largest absolute Gasteiger partial charge is 0.464 e. The summed E-state index contributed by atoms with van der Waals surface area (Å²) in [6.07, 6.45) is 0.423. The van der Waals surface area contributed by atoms with Crippen molar-refractivity contribution in [2.75, 3.05) is 12.4 Å². The lowest BCUT2D eigenvalue weighted by molar-refractivity contribution is -0.147. The molecule has 0 spiro atoms. The first-order chi connectivity index (χ1) is 12.7. The smallest absolute Gasteiger partial charge is 0.328 e. The molecule has 0 aromatic heterocycles. The maximum absolute atomic E-state index is 12.8. The maximum Gasteiger partial charge on any atom is 0.328 e. The van der Waals surface area contributed by atoms with Crippen LogP contribution in [-0.2, 0) is 20.7 Å². The van der Waals surface area contributed by atoms with Crippen molar-refractivity contribution >= 4 is 35.4 Å².